The lowest BCUT2D eigenvalue weighted by Gasteiger charge is -2.07. The summed E-state index contributed by atoms with van der Waals surface area (Å²) in [5, 5.41) is 18.4. The molecule has 3 rings (SSSR count). The van der Waals surface area contributed by atoms with Crippen LogP contribution in [-0.4, -0.2) is 35.9 Å². The Balaban J connectivity index is 1.63. The van der Waals surface area contributed by atoms with Gasteiger partial charge in [-0.05, 0) is 35.0 Å². The quantitative estimate of drug-likeness (QED) is 0.769. The van der Waals surface area contributed by atoms with Crippen LogP contribution in [0.2, 0.25) is 0 Å². The van der Waals surface area contributed by atoms with Gasteiger partial charge in [-0.2, -0.15) is 5.10 Å². The van der Waals surface area contributed by atoms with Crippen molar-refractivity contribution in [2.45, 2.75) is 19.9 Å². The molecule has 8 nitrogen and oxygen atoms in total. The van der Waals surface area contributed by atoms with Crippen molar-refractivity contribution in [3.63, 3.8) is 0 Å². The molecule has 0 spiro atoms. The van der Waals surface area contributed by atoms with E-state index in [0.29, 0.717) is 24.5 Å². The van der Waals surface area contributed by atoms with Gasteiger partial charge in [0.25, 0.3) is 0 Å². The second kappa shape index (κ2) is 6.39. The molecule has 2 aromatic heterocycles. The summed E-state index contributed by atoms with van der Waals surface area (Å²) in [5.41, 5.74) is 2.64. The van der Waals surface area contributed by atoms with Crippen LogP contribution in [-0.2, 0) is 18.4 Å². The van der Waals surface area contributed by atoms with Gasteiger partial charge in [-0.1, -0.05) is 12.1 Å². The van der Waals surface area contributed by atoms with Crippen LogP contribution in [0, 0.1) is 6.92 Å². The third-order valence-electron chi connectivity index (χ3n) is 3.35. The molecule has 0 fully saturated rings. The van der Waals surface area contributed by atoms with E-state index < -0.39 is 0 Å². The van der Waals surface area contributed by atoms with Gasteiger partial charge >= 0.3 is 0 Å². The average molecular weight is 311 g/mol. The first-order valence-corrected chi connectivity index (χ1v) is 7.23. The Labute approximate surface area is 133 Å². The fourth-order valence-corrected chi connectivity index (χ4v) is 2.24. The maximum Gasteiger partial charge on any atom is 0.226 e. The molecule has 23 heavy (non-hydrogen) atoms. The van der Waals surface area contributed by atoms with Crippen molar-refractivity contribution in [3.8, 4) is 11.4 Å². The minimum Gasteiger partial charge on any atom is -0.326 e. The summed E-state index contributed by atoms with van der Waals surface area (Å²) in [5.74, 6) is 0.583. The lowest BCUT2D eigenvalue weighted by molar-refractivity contribution is -0.116. The third-order valence-corrected chi connectivity index (χ3v) is 3.35. The molecule has 2 heterocycles. The number of benzene rings is 1. The largest absolute Gasteiger partial charge is 0.326 e. The molecule has 0 aliphatic carbocycles. The van der Waals surface area contributed by atoms with Crippen LogP contribution in [0.15, 0.2) is 36.7 Å². The standard InChI is InChI=1S/C15H17N7O/c1-11-9-16-22(10-11)7-6-14(23)17-13-5-3-4-12(8-13)15-18-19-20-21(15)2/h3-5,8-10H,6-7H2,1-2H3,(H,17,23). The van der Waals surface area contributed by atoms with E-state index in [2.05, 4.69) is 25.9 Å². The number of aryl methyl sites for hydroxylation is 3. The van der Waals surface area contributed by atoms with Crippen molar-refractivity contribution in [3.05, 3.63) is 42.2 Å². The van der Waals surface area contributed by atoms with Gasteiger partial charge in [0.2, 0.25) is 5.91 Å². The molecule has 0 bridgehead atoms. The van der Waals surface area contributed by atoms with Crippen molar-refractivity contribution in [2.24, 2.45) is 7.05 Å². The van der Waals surface area contributed by atoms with E-state index in [-0.39, 0.29) is 5.91 Å². The SMILES string of the molecule is Cc1cnn(CCC(=O)Nc2cccc(-c3nnnn3C)c2)c1. The molecule has 0 radical (unpaired) electrons. The highest BCUT2D eigenvalue weighted by molar-refractivity contribution is 5.91. The molecule has 0 saturated heterocycles. The van der Waals surface area contributed by atoms with Gasteiger partial charge in [-0.3, -0.25) is 9.48 Å². The van der Waals surface area contributed by atoms with E-state index in [1.54, 1.807) is 22.6 Å². The molecule has 1 N–H and O–H groups in total. The number of carbonyl (C=O) groups excluding carboxylic acids is 1. The Hall–Kier alpha value is -3.03. The minimum absolute atomic E-state index is 0.0635. The zero-order chi connectivity index (χ0) is 16.2. The molecular formula is C15H17N7O. The number of tetrazole rings is 1. The van der Waals surface area contributed by atoms with Crippen LogP contribution >= 0.6 is 0 Å². The molecule has 0 saturated carbocycles. The van der Waals surface area contributed by atoms with E-state index in [1.807, 2.05) is 37.4 Å². The maximum atomic E-state index is 12.1. The van der Waals surface area contributed by atoms with Gasteiger partial charge in [-0.25, -0.2) is 4.68 Å². The molecule has 1 aromatic carbocycles. The van der Waals surface area contributed by atoms with E-state index >= 15 is 0 Å². The Morgan fingerprint density at radius 1 is 1.35 bits per heavy atom. The number of anilines is 1. The van der Waals surface area contributed by atoms with Crippen LogP contribution in [0.25, 0.3) is 11.4 Å². The third kappa shape index (κ3) is 3.60. The van der Waals surface area contributed by atoms with Gasteiger partial charge in [0.05, 0.1) is 6.20 Å². The van der Waals surface area contributed by atoms with Gasteiger partial charge in [0.15, 0.2) is 5.82 Å². The van der Waals surface area contributed by atoms with Crippen LogP contribution in [0.4, 0.5) is 5.69 Å². The van der Waals surface area contributed by atoms with Crippen LogP contribution in [0.1, 0.15) is 12.0 Å². The molecule has 3 aromatic rings. The molecule has 0 aliphatic rings. The molecule has 0 atom stereocenters. The van der Waals surface area contributed by atoms with E-state index in [9.17, 15) is 4.79 Å². The number of hydrogen-bond acceptors (Lipinski definition) is 5. The first kappa shape index (κ1) is 14.9. The predicted molar refractivity (Wildman–Crippen MR) is 84.4 cm³/mol. The average Bonchev–Trinajstić information content (AvgIpc) is 3.14. The predicted octanol–water partition coefficient (Wildman–Crippen LogP) is 1.41. The number of nitrogens with zero attached hydrogens (tertiary/aromatic N) is 6. The van der Waals surface area contributed by atoms with Gasteiger partial charge < -0.3 is 5.32 Å². The van der Waals surface area contributed by atoms with Crippen molar-refractivity contribution in [2.75, 3.05) is 5.32 Å². The highest BCUT2D eigenvalue weighted by atomic mass is 16.1. The molecule has 8 heteroatoms. The lowest BCUT2D eigenvalue weighted by Crippen LogP contribution is -2.14. The molecule has 118 valence electrons. The second-order valence-corrected chi connectivity index (χ2v) is 5.29. The summed E-state index contributed by atoms with van der Waals surface area (Å²) in [4.78, 5) is 12.1. The lowest BCUT2D eigenvalue weighted by atomic mass is 10.2. The smallest absolute Gasteiger partial charge is 0.226 e. The number of aromatic nitrogens is 6. The molecule has 1 amide bonds. The minimum atomic E-state index is -0.0635. The fourth-order valence-electron chi connectivity index (χ4n) is 2.24. The molecule has 0 unspecified atom stereocenters. The fraction of sp³-hybridized carbons (Fsp3) is 0.267. The first-order chi connectivity index (χ1) is 11.1. The summed E-state index contributed by atoms with van der Waals surface area (Å²) < 4.78 is 3.34. The van der Waals surface area contributed by atoms with Crippen LogP contribution in [0.5, 0.6) is 0 Å². The van der Waals surface area contributed by atoms with Crippen molar-refractivity contribution in [1.29, 1.82) is 0 Å². The van der Waals surface area contributed by atoms with E-state index in [4.69, 9.17) is 0 Å². The Morgan fingerprint density at radius 2 is 2.22 bits per heavy atom. The number of carbonyl (C=O) groups is 1. The van der Waals surface area contributed by atoms with Gasteiger partial charge in [0, 0.05) is 37.5 Å². The Morgan fingerprint density at radius 3 is 2.91 bits per heavy atom. The number of amides is 1. The summed E-state index contributed by atoms with van der Waals surface area (Å²) >= 11 is 0. The summed E-state index contributed by atoms with van der Waals surface area (Å²) in [6, 6.07) is 7.44. The molecule has 0 aliphatic heterocycles. The summed E-state index contributed by atoms with van der Waals surface area (Å²) in [6.45, 7) is 2.52. The van der Waals surface area contributed by atoms with Crippen LogP contribution < -0.4 is 5.32 Å². The van der Waals surface area contributed by atoms with E-state index in [1.165, 1.54) is 0 Å². The monoisotopic (exact) mass is 311 g/mol. The Kier molecular flexibility index (Phi) is 4.13. The highest BCUT2D eigenvalue weighted by Crippen LogP contribution is 2.19. The zero-order valence-electron chi connectivity index (χ0n) is 13.0. The van der Waals surface area contributed by atoms with Crippen molar-refractivity contribution < 1.29 is 4.79 Å². The second-order valence-electron chi connectivity index (χ2n) is 5.29. The number of hydrogen-bond donors (Lipinski definition) is 1. The van der Waals surface area contributed by atoms with E-state index in [0.717, 1.165) is 11.1 Å². The summed E-state index contributed by atoms with van der Waals surface area (Å²) in [7, 11) is 1.77. The Bertz CT molecular complexity index is 821. The van der Waals surface area contributed by atoms with Crippen LogP contribution in [0.3, 0.4) is 0 Å². The van der Waals surface area contributed by atoms with Crippen molar-refractivity contribution in [1.82, 2.24) is 30.0 Å². The normalized spacial score (nSPS) is 10.7. The van der Waals surface area contributed by atoms with Gasteiger partial charge in [-0.15, -0.1) is 5.10 Å². The number of nitrogens with one attached hydrogen (secondary N) is 1. The van der Waals surface area contributed by atoms with Gasteiger partial charge in [0.1, 0.15) is 0 Å². The maximum absolute atomic E-state index is 12.1. The number of rotatable bonds is 5. The molecular weight excluding hydrogens is 294 g/mol. The zero-order valence-corrected chi connectivity index (χ0v) is 13.0. The first-order valence-electron chi connectivity index (χ1n) is 7.23. The highest BCUT2D eigenvalue weighted by Gasteiger charge is 2.08. The topological polar surface area (TPSA) is 90.5 Å². The van der Waals surface area contributed by atoms with Crippen molar-refractivity contribution >= 4 is 11.6 Å². The summed E-state index contributed by atoms with van der Waals surface area (Å²) in [6.07, 6.45) is 4.04.